The number of carbonyl (C=O) groups is 1. The highest BCUT2D eigenvalue weighted by Gasteiger charge is 2.24. The first kappa shape index (κ1) is 16.8. The zero-order chi connectivity index (χ0) is 18.5. The van der Waals surface area contributed by atoms with Crippen LogP contribution in [0.4, 0.5) is 9.52 Å². The lowest BCUT2D eigenvalue weighted by Gasteiger charge is -2.04. The molecule has 1 aliphatic carbocycles. The van der Waals surface area contributed by atoms with Gasteiger partial charge in [0.25, 0.3) is 5.91 Å². The highest BCUT2D eigenvalue weighted by molar-refractivity contribution is 7.89. The number of rotatable bonds is 3. The molecule has 9 heteroatoms. The van der Waals surface area contributed by atoms with Crippen LogP contribution in [0.2, 0.25) is 0 Å². The van der Waals surface area contributed by atoms with E-state index in [2.05, 4.69) is 10.3 Å². The third-order valence-electron chi connectivity index (χ3n) is 4.04. The second-order valence-corrected chi connectivity index (χ2v) is 8.44. The van der Waals surface area contributed by atoms with Crippen molar-refractivity contribution in [3.63, 3.8) is 0 Å². The van der Waals surface area contributed by atoms with Crippen LogP contribution in [0.5, 0.6) is 0 Å². The highest BCUT2D eigenvalue weighted by Crippen LogP contribution is 2.41. The lowest BCUT2D eigenvalue weighted by atomic mass is 10.1. The number of amides is 1. The molecule has 0 atom stereocenters. The zero-order valence-corrected chi connectivity index (χ0v) is 14.8. The highest BCUT2D eigenvalue weighted by atomic mass is 32.2. The molecule has 0 saturated heterocycles. The number of hydrogen-bond acceptors (Lipinski definition) is 5. The Hall–Kier alpha value is -2.62. The molecule has 132 valence electrons. The molecule has 0 radical (unpaired) electrons. The fourth-order valence-electron chi connectivity index (χ4n) is 2.81. The van der Waals surface area contributed by atoms with Gasteiger partial charge < -0.3 is 0 Å². The van der Waals surface area contributed by atoms with E-state index in [1.54, 1.807) is 6.07 Å². The van der Waals surface area contributed by atoms with Gasteiger partial charge in [-0.2, -0.15) is 0 Å². The molecule has 0 unspecified atom stereocenters. The van der Waals surface area contributed by atoms with Gasteiger partial charge in [-0.1, -0.05) is 0 Å². The Bertz CT molecular complexity index is 1140. The van der Waals surface area contributed by atoms with Crippen LogP contribution in [-0.4, -0.2) is 19.3 Å². The molecular formula is C17H12FN3O3S2. The van der Waals surface area contributed by atoms with Gasteiger partial charge in [0.1, 0.15) is 5.82 Å². The minimum Gasteiger partial charge on any atom is -0.298 e. The van der Waals surface area contributed by atoms with E-state index in [1.165, 1.54) is 47.7 Å². The maximum atomic E-state index is 13.3. The summed E-state index contributed by atoms with van der Waals surface area (Å²) in [6, 6.07) is 9.89. The first-order valence-electron chi connectivity index (χ1n) is 7.54. The number of benzene rings is 2. The number of halogens is 1. The van der Waals surface area contributed by atoms with Gasteiger partial charge in [-0.15, -0.1) is 11.3 Å². The molecule has 3 aromatic rings. The van der Waals surface area contributed by atoms with E-state index in [0.29, 0.717) is 11.6 Å². The van der Waals surface area contributed by atoms with E-state index in [9.17, 15) is 17.6 Å². The summed E-state index contributed by atoms with van der Waals surface area (Å²) < 4.78 is 35.8. The predicted molar refractivity (Wildman–Crippen MR) is 96.1 cm³/mol. The molecule has 0 bridgehead atoms. The number of nitrogens with one attached hydrogen (secondary N) is 1. The van der Waals surface area contributed by atoms with Gasteiger partial charge in [0.2, 0.25) is 10.0 Å². The number of hydrogen-bond donors (Lipinski definition) is 2. The number of primary sulfonamides is 1. The standard InChI is InChI=1S/C17H12FN3O3S2/c18-11-3-6-13-10(7-11)8-14-15(13)20-17(25-14)21-16(22)9-1-4-12(5-2-9)26(19,23)24/h1-7H,8H2,(H2,19,23,24)(H,20,21,22). The van der Waals surface area contributed by atoms with Crippen molar-refractivity contribution in [2.75, 3.05) is 5.32 Å². The Morgan fingerprint density at radius 1 is 1.19 bits per heavy atom. The molecule has 0 spiro atoms. The largest absolute Gasteiger partial charge is 0.298 e. The molecule has 0 saturated carbocycles. The molecule has 0 aliphatic heterocycles. The predicted octanol–water partition coefficient (Wildman–Crippen LogP) is 2.75. The van der Waals surface area contributed by atoms with Gasteiger partial charge in [0, 0.05) is 22.4 Å². The smallest absolute Gasteiger partial charge is 0.257 e. The van der Waals surface area contributed by atoms with Crippen molar-refractivity contribution in [3.05, 3.63) is 64.3 Å². The molecule has 1 amide bonds. The summed E-state index contributed by atoms with van der Waals surface area (Å²) in [5, 5.41) is 8.17. The molecule has 1 aliphatic rings. The monoisotopic (exact) mass is 389 g/mol. The number of sulfonamides is 1. The lowest BCUT2D eigenvalue weighted by Crippen LogP contribution is -2.14. The van der Waals surface area contributed by atoms with Gasteiger partial charge in [-0.05, 0) is 48.0 Å². The van der Waals surface area contributed by atoms with Gasteiger partial charge >= 0.3 is 0 Å². The zero-order valence-electron chi connectivity index (χ0n) is 13.2. The van der Waals surface area contributed by atoms with Gasteiger partial charge in [0.05, 0.1) is 10.6 Å². The number of aromatic nitrogens is 1. The summed E-state index contributed by atoms with van der Waals surface area (Å²) in [6.07, 6.45) is 0.582. The molecule has 6 nitrogen and oxygen atoms in total. The molecule has 4 rings (SSSR count). The average molecular weight is 389 g/mol. The van der Waals surface area contributed by atoms with E-state index >= 15 is 0 Å². The fourth-order valence-corrected chi connectivity index (χ4v) is 4.32. The minimum absolute atomic E-state index is 0.0638. The van der Waals surface area contributed by atoms with E-state index in [4.69, 9.17) is 5.14 Å². The number of nitrogens with zero attached hydrogens (tertiary/aromatic N) is 1. The summed E-state index contributed by atoms with van der Waals surface area (Å²) in [7, 11) is -3.80. The molecule has 1 aromatic heterocycles. The van der Waals surface area contributed by atoms with Crippen molar-refractivity contribution in [3.8, 4) is 11.3 Å². The third kappa shape index (κ3) is 3.00. The molecule has 2 aromatic carbocycles. The Kier molecular flexibility index (Phi) is 3.87. The first-order valence-corrected chi connectivity index (χ1v) is 9.90. The van der Waals surface area contributed by atoms with Crippen LogP contribution in [0.3, 0.4) is 0 Å². The van der Waals surface area contributed by atoms with Gasteiger partial charge in [-0.3, -0.25) is 10.1 Å². The Morgan fingerprint density at radius 3 is 2.62 bits per heavy atom. The van der Waals surface area contributed by atoms with Crippen LogP contribution < -0.4 is 10.5 Å². The first-order chi connectivity index (χ1) is 12.3. The van der Waals surface area contributed by atoms with Crippen LogP contribution in [0, 0.1) is 5.82 Å². The van der Waals surface area contributed by atoms with Crippen molar-refractivity contribution in [1.29, 1.82) is 0 Å². The average Bonchev–Trinajstić information content (AvgIpc) is 3.10. The van der Waals surface area contributed by atoms with Crippen molar-refractivity contribution in [1.82, 2.24) is 4.98 Å². The summed E-state index contributed by atoms with van der Waals surface area (Å²) in [6.45, 7) is 0. The number of thiazole rings is 1. The number of fused-ring (bicyclic) bond motifs is 3. The summed E-state index contributed by atoms with van der Waals surface area (Å²) in [4.78, 5) is 17.6. The summed E-state index contributed by atoms with van der Waals surface area (Å²) in [5.74, 6) is -0.687. The number of carbonyl (C=O) groups excluding carboxylic acids is 1. The maximum Gasteiger partial charge on any atom is 0.257 e. The van der Waals surface area contributed by atoms with Gasteiger partial charge in [-0.25, -0.2) is 22.9 Å². The van der Waals surface area contributed by atoms with E-state index in [0.717, 1.165) is 21.7 Å². The van der Waals surface area contributed by atoms with E-state index in [-0.39, 0.29) is 16.3 Å². The molecule has 26 heavy (non-hydrogen) atoms. The van der Waals surface area contributed by atoms with Crippen molar-refractivity contribution in [2.24, 2.45) is 5.14 Å². The third-order valence-corrected chi connectivity index (χ3v) is 5.94. The topological polar surface area (TPSA) is 102 Å². The minimum atomic E-state index is -3.80. The molecule has 1 heterocycles. The Morgan fingerprint density at radius 2 is 1.92 bits per heavy atom. The lowest BCUT2D eigenvalue weighted by molar-refractivity contribution is 0.102. The van der Waals surface area contributed by atoms with Crippen molar-refractivity contribution < 1.29 is 17.6 Å². The normalized spacial score (nSPS) is 12.5. The Labute approximate surface area is 152 Å². The van der Waals surface area contributed by atoms with Crippen molar-refractivity contribution >= 4 is 32.4 Å². The van der Waals surface area contributed by atoms with Crippen LogP contribution in [0.15, 0.2) is 47.4 Å². The van der Waals surface area contributed by atoms with Crippen LogP contribution >= 0.6 is 11.3 Å². The van der Waals surface area contributed by atoms with E-state index < -0.39 is 15.9 Å². The van der Waals surface area contributed by atoms with E-state index in [1.807, 2.05) is 0 Å². The summed E-state index contributed by atoms with van der Waals surface area (Å²) in [5.41, 5.74) is 2.80. The second kappa shape index (κ2) is 5.97. The molecule has 0 fully saturated rings. The Balaban J connectivity index is 1.55. The molecular weight excluding hydrogens is 377 g/mol. The van der Waals surface area contributed by atoms with Crippen LogP contribution in [-0.2, 0) is 16.4 Å². The fraction of sp³-hybridized carbons (Fsp3) is 0.0588. The summed E-state index contributed by atoms with van der Waals surface area (Å²) >= 11 is 1.33. The quantitative estimate of drug-likeness (QED) is 0.562. The number of anilines is 1. The van der Waals surface area contributed by atoms with Crippen LogP contribution in [0.1, 0.15) is 20.8 Å². The number of nitrogens with two attached hydrogens (primary N) is 1. The SMILES string of the molecule is NS(=O)(=O)c1ccc(C(=O)Nc2nc3c(s2)Cc2cc(F)ccc2-3)cc1. The van der Waals surface area contributed by atoms with Crippen molar-refractivity contribution in [2.45, 2.75) is 11.3 Å². The van der Waals surface area contributed by atoms with Crippen LogP contribution in [0.25, 0.3) is 11.3 Å². The van der Waals surface area contributed by atoms with Gasteiger partial charge in [0.15, 0.2) is 5.13 Å². The second-order valence-electron chi connectivity index (χ2n) is 5.79. The maximum absolute atomic E-state index is 13.3. The molecule has 3 N–H and O–H groups in total.